The van der Waals surface area contributed by atoms with Crippen LogP contribution >= 0.6 is 0 Å². The van der Waals surface area contributed by atoms with Crippen molar-refractivity contribution in [2.24, 2.45) is 0 Å². The molecule has 0 aromatic carbocycles. The second kappa shape index (κ2) is 1.57. The molecule has 0 saturated carbocycles. The van der Waals surface area contributed by atoms with E-state index in [0.717, 1.165) is 0 Å². The van der Waals surface area contributed by atoms with Gasteiger partial charge >= 0.3 is 5.97 Å². The molecule has 0 bridgehead atoms. The highest BCUT2D eigenvalue weighted by molar-refractivity contribution is 5.90. The summed E-state index contributed by atoms with van der Waals surface area (Å²) in [5, 5.41) is 9.02. The summed E-state index contributed by atoms with van der Waals surface area (Å²) in [6.07, 6.45) is 1.38. The van der Waals surface area contributed by atoms with Crippen LogP contribution in [-0.4, -0.2) is 16.9 Å². The fraction of sp³-hybridized carbons (Fsp3) is 0.500. The molecule has 0 amide bonds. The third-order valence-electron chi connectivity index (χ3n) is 1.11. The van der Waals surface area contributed by atoms with Crippen LogP contribution in [0, 0.1) is 0 Å². The van der Waals surface area contributed by atoms with Crippen LogP contribution in [-0.2, 0) is 9.53 Å². The van der Waals surface area contributed by atoms with Crippen molar-refractivity contribution >= 4 is 5.97 Å². The summed E-state index contributed by atoms with van der Waals surface area (Å²) in [6, 6.07) is 0. The van der Waals surface area contributed by atoms with Crippen molar-refractivity contribution in [2.45, 2.75) is 19.6 Å². The van der Waals surface area contributed by atoms with Gasteiger partial charge in [-0.1, -0.05) is 0 Å². The molecular weight excluding hydrogens is 120 g/mol. The van der Waals surface area contributed by atoms with E-state index in [9.17, 15) is 4.79 Å². The molecule has 0 aromatic heterocycles. The first kappa shape index (κ1) is 6.29. The molecule has 1 aliphatic rings. The molecule has 1 rings (SSSR count). The molecule has 0 radical (unpaired) electrons. The number of aliphatic hydroxyl groups is 1. The maximum Gasteiger partial charge on any atom is 0.336 e. The minimum atomic E-state index is -1.37. The SMILES string of the molecule is CC1=C[C@](C)(O)OC1=O. The third-order valence-corrected chi connectivity index (χ3v) is 1.11. The zero-order chi connectivity index (χ0) is 7.07. The van der Waals surface area contributed by atoms with Crippen LogP contribution in [0.2, 0.25) is 0 Å². The van der Waals surface area contributed by atoms with Gasteiger partial charge in [-0.15, -0.1) is 0 Å². The highest BCUT2D eigenvalue weighted by Crippen LogP contribution is 2.20. The predicted molar refractivity (Wildman–Crippen MR) is 30.5 cm³/mol. The molecule has 0 spiro atoms. The molecule has 0 aromatic rings. The fourth-order valence-electron chi connectivity index (χ4n) is 0.758. The van der Waals surface area contributed by atoms with Crippen molar-refractivity contribution in [2.75, 3.05) is 0 Å². The Labute approximate surface area is 52.9 Å². The predicted octanol–water partition coefficient (Wildman–Crippen LogP) is 0.198. The Morgan fingerprint density at radius 2 is 2.33 bits per heavy atom. The lowest BCUT2D eigenvalue weighted by molar-refractivity contribution is -0.172. The molecule has 1 N–H and O–H groups in total. The number of esters is 1. The number of carbonyl (C=O) groups is 1. The van der Waals surface area contributed by atoms with Crippen LogP contribution in [0.5, 0.6) is 0 Å². The van der Waals surface area contributed by atoms with Gasteiger partial charge in [-0.25, -0.2) is 4.79 Å². The topological polar surface area (TPSA) is 46.5 Å². The lowest BCUT2D eigenvalue weighted by Crippen LogP contribution is -2.22. The van der Waals surface area contributed by atoms with E-state index >= 15 is 0 Å². The Bertz CT molecular complexity index is 179. The number of hydrogen-bond acceptors (Lipinski definition) is 3. The molecule has 0 aliphatic carbocycles. The van der Waals surface area contributed by atoms with Gasteiger partial charge in [-0.05, 0) is 13.0 Å². The zero-order valence-corrected chi connectivity index (χ0v) is 5.34. The summed E-state index contributed by atoms with van der Waals surface area (Å²) in [5.41, 5.74) is 0.458. The molecule has 9 heavy (non-hydrogen) atoms. The Morgan fingerprint density at radius 1 is 1.78 bits per heavy atom. The third kappa shape index (κ3) is 1.10. The van der Waals surface area contributed by atoms with Crippen LogP contribution in [0.4, 0.5) is 0 Å². The number of rotatable bonds is 0. The van der Waals surface area contributed by atoms with Crippen LogP contribution in [0.3, 0.4) is 0 Å². The molecule has 3 heteroatoms. The van der Waals surface area contributed by atoms with Crippen molar-refractivity contribution in [1.29, 1.82) is 0 Å². The highest BCUT2D eigenvalue weighted by atomic mass is 16.7. The van der Waals surface area contributed by atoms with Gasteiger partial charge in [0.05, 0.1) is 0 Å². The zero-order valence-electron chi connectivity index (χ0n) is 5.34. The van der Waals surface area contributed by atoms with E-state index < -0.39 is 11.8 Å². The summed E-state index contributed by atoms with van der Waals surface area (Å²) in [6.45, 7) is 3.02. The van der Waals surface area contributed by atoms with E-state index in [4.69, 9.17) is 5.11 Å². The maximum absolute atomic E-state index is 10.5. The van der Waals surface area contributed by atoms with Crippen molar-refractivity contribution in [1.82, 2.24) is 0 Å². The molecule has 0 saturated heterocycles. The van der Waals surface area contributed by atoms with E-state index in [2.05, 4.69) is 4.74 Å². The van der Waals surface area contributed by atoms with Crippen molar-refractivity contribution < 1.29 is 14.6 Å². The highest BCUT2D eigenvalue weighted by Gasteiger charge is 2.30. The smallest absolute Gasteiger partial charge is 0.336 e. The Balaban J connectivity index is 2.86. The van der Waals surface area contributed by atoms with Gasteiger partial charge in [0.2, 0.25) is 5.79 Å². The summed E-state index contributed by atoms with van der Waals surface area (Å²) >= 11 is 0. The molecule has 1 atom stereocenters. The van der Waals surface area contributed by atoms with E-state index in [-0.39, 0.29) is 0 Å². The fourth-order valence-corrected chi connectivity index (χ4v) is 0.758. The van der Waals surface area contributed by atoms with Crippen molar-refractivity contribution in [3.8, 4) is 0 Å². The molecule has 50 valence electrons. The van der Waals surface area contributed by atoms with Crippen LogP contribution in [0.15, 0.2) is 11.6 Å². The quantitative estimate of drug-likeness (QED) is 0.474. The Kier molecular flexibility index (Phi) is 1.10. The van der Waals surface area contributed by atoms with E-state index in [1.54, 1.807) is 6.92 Å². The number of ether oxygens (including phenoxy) is 1. The van der Waals surface area contributed by atoms with Crippen molar-refractivity contribution in [3.63, 3.8) is 0 Å². The standard InChI is InChI=1S/C6H8O3/c1-4-3-6(2,8)9-5(4)7/h3,8H,1-2H3/t6-/m1/s1. The second-order valence-corrected chi connectivity index (χ2v) is 2.27. The van der Waals surface area contributed by atoms with Crippen LogP contribution in [0.25, 0.3) is 0 Å². The van der Waals surface area contributed by atoms with E-state index in [1.807, 2.05) is 0 Å². The first-order valence-electron chi connectivity index (χ1n) is 2.66. The maximum atomic E-state index is 10.5. The average Bonchev–Trinajstić information content (AvgIpc) is 1.79. The molecule has 0 unspecified atom stereocenters. The van der Waals surface area contributed by atoms with Crippen LogP contribution in [0.1, 0.15) is 13.8 Å². The van der Waals surface area contributed by atoms with Gasteiger partial charge < -0.3 is 9.84 Å². The molecule has 0 fully saturated rings. The van der Waals surface area contributed by atoms with E-state index in [0.29, 0.717) is 5.57 Å². The molecule has 1 heterocycles. The van der Waals surface area contributed by atoms with Crippen molar-refractivity contribution in [3.05, 3.63) is 11.6 Å². The number of carbonyl (C=O) groups excluding carboxylic acids is 1. The Hall–Kier alpha value is -0.830. The lowest BCUT2D eigenvalue weighted by Gasteiger charge is -2.11. The number of hydrogen-bond donors (Lipinski definition) is 1. The van der Waals surface area contributed by atoms with Crippen LogP contribution < -0.4 is 0 Å². The van der Waals surface area contributed by atoms with Gasteiger partial charge in [0.1, 0.15) is 0 Å². The normalized spacial score (nSPS) is 34.1. The van der Waals surface area contributed by atoms with Gasteiger partial charge in [0.15, 0.2) is 0 Å². The average molecular weight is 128 g/mol. The first-order chi connectivity index (χ1) is 4.01. The van der Waals surface area contributed by atoms with Gasteiger partial charge in [0.25, 0.3) is 0 Å². The minimum absolute atomic E-state index is 0.444. The second-order valence-electron chi connectivity index (χ2n) is 2.27. The molecule has 1 aliphatic heterocycles. The molecular formula is C6H8O3. The number of cyclic esters (lactones) is 1. The summed E-state index contributed by atoms with van der Waals surface area (Å²) in [4.78, 5) is 10.5. The monoisotopic (exact) mass is 128 g/mol. The lowest BCUT2D eigenvalue weighted by atomic mass is 10.2. The molecule has 3 nitrogen and oxygen atoms in total. The van der Waals surface area contributed by atoms with Gasteiger partial charge in [-0.2, -0.15) is 0 Å². The Morgan fingerprint density at radius 3 is 2.44 bits per heavy atom. The largest absolute Gasteiger partial charge is 0.426 e. The summed E-state index contributed by atoms with van der Waals surface area (Å²) < 4.78 is 4.48. The van der Waals surface area contributed by atoms with Gasteiger partial charge in [0, 0.05) is 12.5 Å². The summed E-state index contributed by atoms with van der Waals surface area (Å²) in [5.74, 6) is -1.82. The minimum Gasteiger partial charge on any atom is -0.426 e. The van der Waals surface area contributed by atoms with E-state index in [1.165, 1.54) is 13.0 Å². The van der Waals surface area contributed by atoms with Gasteiger partial charge in [-0.3, -0.25) is 0 Å². The first-order valence-corrected chi connectivity index (χ1v) is 2.66. The summed E-state index contributed by atoms with van der Waals surface area (Å²) in [7, 11) is 0.